The van der Waals surface area contributed by atoms with Crippen molar-refractivity contribution in [2.24, 2.45) is 5.92 Å². The lowest BCUT2D eigenvalue weighted by atomic mass is 10.0. The maximum Gasteiger partial charge on any atom is 0.242 e. The minimum atomic E-state index is -3.87. The molecule has 2 aromatic rings. The molecule has 11 nitrogen and oxygen atoms in total. The van der Waals surface area contributed by atoms with Gasteiger partial charge in [-0.3, -0.25) is 9.52 Å². The van der Waals surface area contributed by atoms with Crippen LogP contribution in [0.3, 0.4) is 0 Å². The smallest absolute Gasteiger partial charge is 0.242 e. The summed E-state index contributed by atoms with van der Waals surface area (Å²) in [7, 11) is -4.46. The second kappa shape index (κ2) is 11.9. The number of hydrogen-bond acceptors (Lipinski definition) is 8. The number of aliphatic hydroxyl groups is 1. The predicted molar refractivity (Wildman–Crippen MR) is 143 cm³/mol. The minimum Gasteiger partial charge on any atom is -0.497 e. The third-order valence-corrected chi connectivity index (χ3v) is 8.87. The zero-order valence-electron chi connectivity index (χ0n) is 22.1. The molecule has 38 heavy (non-hydrogen) atoms. The Morgan fingerprint density at radius 1 is 1.18 bits per heavy atom. The lowest BCUT2D eigenvalue weighted by molar-refractivity contribution is -0.134. The van der Waals surface area contributed by atoms with E-state index in [1.54, 1.807) is 30.0 Å². The van der Waals surface area contributed by atoms with E-state index in [1.165, 1.54) is 42.7 Å². The number of anilines is 1. The molecular formula is C25H35N3O8S2. The summed E-state index contributed by atoms with van der Waals surface area (Å²) in [4.78, 5) is 14.9. The van der Waals surface area contributed by atoms with Crippen LogP contribution in [0.2, 0.25) is 0 Å². The van der Waals surface area contributed by atoms with E-state index in [1.807, 2.05) is 6.92 Å². The molecule has 2 N–H and O–H groups in total. The first-order valence-corrected chi connectivity index (χ1v) is 15.4. The topological polar surface area (TPSA) is 143 Å². The van der Waals surface area contributed by atoms with Gasteiger partial charge < -0.3 is 19.5 Å². The van der Waals surface area contributed by atoms with Gasteiger partial charge in [0.25, 0.3) is 0 Å². The summed E-state index contributed by atoms with van der Waals surface area (Å²) >= 11 is 0. The Balaban J connectivity index is 1.98. The van der Waals surface area contributed by atoms with Crippen LogP contribution < -0.4 is 14.2 Å². The molecule has 0 saturated heterocycles. The highest BCUT2D eigenvalue weighted by Gasteiger charge is 2.33. The number of likely N-dealkylation sites (N-methyl/N-ethyl adjacent to an activating group) is 1. The Hall–Kier alpha value is -2.87. The number of rotatable bonds is 9. The Morgan fingerprint density at radius 3 is 2.42 bits per heavy atom. The van der Waals surface area contributed by atoms with Crippen LogP contribution in [0.25, 0.3) is 0 Å². The van der Waals surface area contributed by atoms with E-state index in [2.05, 4.69) is 4.72 Å². The molecule has 2 aromatic carbocycles. The number of sulfonamides is 2. The number of aliphatic hydroxyl groups excluding tert-OH is 1. The largest absolute Gasteiger partial charge is 0.497 e. The maximum absolute atomic E-state index is 13.3. The number of hydrogen-bond donors (Lipinski definition) is 2. The predicted octanol–water partition coefficient (Wildman–Crippen LogP) is 1.54. The first-order chi connectivity index (χ1) is 17.7. The van der Waals surface area contributed by atoms with E-state index in [9.17, 15) is 26.7 Å². The molecule has 3 rings (SSSR count). The van der Waals surface area contributed by atoms with Crippen molar-refractivity contribution < 1.29 is 36.2 Å². The van der Waals surface area contributed by atoms with Crippen molar-refractivity contribution in [1.29, 1.82) is 0 Å². The van der Waals surface area contributed by atoms with Gasteiger partial charge in [0.1, 0.15) is 17.6 Å². The highest BCUT2D eigenvalue weighted by molar-refractivity contribution is 7.92. The quantitative estimate of drug-likeness (QED) is 0.463. The highest BCUT2D eigenvalue weighted by Crippen LogP contribution is 2.30. The molecule has 0 bridgehead atoms. The molecule has 0 fully saturated rings. The van der Waals surface area contributed by atoms with E-state index in [-0.39, 0.29) is 48.5 Å². The number of amides is 1. The second-order valence-corrected chi connectivity index (χ2v) is 13.3. The fourth-order valence-corrected chi connectivity index (χ4v) is 5.94. The number of ether oxygens (including phenoxy) is 2. The van der Waals surface area contributed by atoms with E-state index in [4.69, 9.17) is 9.47 Å². The van der Waals surface area contributed by atoms with Gasteiger partial charge in [0.15, 0.2) is 0 Å². The molecule has 0 radical (unpaired) electrons. The van der Waals surface area contributed by atoms with Crippen molar-refractivity contribution in [2.75, 3.05) is 44.8 Å². The van der Waals surface area contributed by atoms with E-state index >= 15 is 0 Å². The molecule has 1 heterocycles. The summed E-state index contributed by atoms with van der Waals surface area (Å²) in [6.45, 7) is 3.53. The van der Waals surface area contributed by atoms with Crippen LogP contribution in [0, 0.1) is 5.92 Å². The van der Waals surface area contributed by atoms with Crippen LogP contribution in [0.5, 0.6) is 11.5 Å². The Bertz CT molecular complexity index is 1350. The zero-order chi connectivity index (χ0) is 28.3. The van der Waals surface area contributed by atoms with E-state index in [0.717, 1.165) is 6.26 Å². The average Bonchev–Trinajstić information content (AvgIpc) is 2.90. The number of methoxy groups -OCH3 is 1. The molecule has 1 amide bonds. The van der Waals surface area contributed by atoms with Crippen LogP contribution >= 0.6 is 0 Å². The average molecular weight is 570 g/mol. The molecule has 3 atom stereocenters. The molecule has 0 saturated carbocycles. The molecule has 0 spiro atoms. The third kappa shape index (κ3) is 7.16. The van der Waals surface area contributed by atoms with E-state index in [0.29, 0.717) is 17.1 Å². The van der Waals surface area contributed by atoms with Crippen molar-refractivity contribution in [1.82, 2.24) is 9.21 Å². The zero-order valence-corrected chi connectivity index (χ0v) is 23.8. The van der Waals surface area contributed by atoms with Gasteiger partial charge in [0.2, 0.25) is 26.0 Å². The van der Waals surface area contributed by atoms with Crippen molar-refractivity contribution in [3.63, 3.8) is 0 Å². The van der Waals surface area contributed by atoms with Gasteiger partial charge in [0, 0.05) is 30.8 Å². The maximum atomic E-state index is 13.3. The summed E-state index contributed by atoms with van der Waals surface area (Å²) in [6.07, 6.45) is 0.274. The first-order valence-electron chi connectivity index (χ1n) is 12.0. The number of benzene rings is 2. The fraction of sp³-hybridized carbons (Fsp3) is 0.480. The van der Waals surface area contributed by atoms with Crippen LogP contribution in [-0.2, 0) is 31.3 Å². The Labute approximate surface area is 224 Å². The normalized spacial score (nSPS) is 19.6. The van der Waals surface area contributed by atoms with Crippen LogP contribution in [0.4, 0.5) is 5.69 Å². The minimum absolute atomic E-state index is 0.0200. The monoisotopic (exact) mass is 569 g/mol. The number of fused-ring (bicyclic) bond motifs is 1. The van der Waals surface area contributed by atoms with Gasteiger partial charge in [-0.25, -0.2) is 16.8 Å². The van der Waals surface area contributed by atoms with Crippen molar-refractivity contribution in [3.8, 4) is 11.5 Å². The van der Waals surface area contributed by atoms with Crippen molar-refractivity contribution >= 4 is 31.6 Å². The molecular weight excluding hydrogens is 534 g/mol. The van der Waals surface area contributed by atoms with Gasteiger partial charge in [-0.05, 0) is 49.4 Å². The molecule has 1 aliphatic rings. The lowest BCUT2D eigenvalue weighted by Gasteiger charge is -2.33. The van der Waals surface area contributed by atoms with Crippen LogP contribution in [-0.4, -0.2) is 89.3 Å². The summed E-state index contributed by atoms with van der Waals surface area (Å²) in [6, 6.07) is 10.2. The lowest BCUT2D eigenvalue weighted by Crippen LogP contribution is -2.48. The summed E-state index contributed by atoms with van der Waals surface area (Å²) in [5.41, 5.74) is 0.714. The number of nitrogens with one attached hydrogen (secondary N) is 1. The van der Waals surface area contributed by atoms with Gasteiger partial charge in [-0.15, -0.1) is 0 Å². The standard InChI is InChI=1S/C25H35N3O8S2/c1-17-14-28(18(2)16-29)25(30)13-19-12-20(26-37(5,31)32)6-11-23(19)36-24(17)15-27(3)38(33,34)22-9-7-21(35-4)8-10-22/h6-12,17-18,24,26,29H,13-16H2,1-5H3/t17-,18+,24+/m0/s1. The van der Waals surface area contributed by atoms with Gasteiger partial charge >= 0.3 is 0 Å². The van der Waals surface area contributed by atoms with Crippen molar-refractivity contribution in [2.45, 2.75) is 37.3 Å². The summed E-state index contributed by atoms with van der Waals surface area (Å²) in [5.74, 6) is 0.299. The number of carbonyl (C=O) groups excluding carboxylic acids is 1. The number of nitrogens with zero attached hydrogens (tertiary/aromatic N) is 2. The third-order valence-electron chi connectivity index (χ3n) is 6.42. The summed E-state index contributed by atoms with van der Waals surface area (Å²) < 4.78 is 65.1. The Morgan fingerprint density at radius 2 is 1.84 bits per heavy atom. The first kappa shape index (κ1) is 29.7. The summed E-state index contributed by atoms with van der Waals surface area (Å²) in [5, 5.41) is 9.77. The molecule has 13 heteroatoms. The van der Waals surface area contributed by atoms with Crippen LogP contribution in [0.15, 0.2) is 47.4 Å². The molecule has 1 aliphatic heterocycles. The molecule has 0 unspecified atom stereocenters. The highest BCUT2D eigenvalue weighted by atomic mass is 32.2. The fourth-order valence-electron chi connectivity index (χ4n) is 4.20. The van der Waals surface area contributed by atoms with Crippen LogP contribution in [0.1, 0.15) is 19.4 Å². The Kier molecular flexibility index (Phi) is 9.29. The van der Waals surface area contributed by atoms with Crippen molar-refractivity contribution in [3.05, 3.63) is 48.0 Å². The van der Waals surface area contributed by atoms with Gasteiger partial charge in [-0.2, -0.15) is 4.31 Å². The van der Waals surface area contributed by atoms with E-state index < -0.39 is 32.2 Å². The van der Waals surface area contributed by atoms with Gasteiger partial charge in [0.05, 0.1) is 43.9 Å². The SMILES string of the molecule is COc1ccc(S(=O)(=O)N(C)C[C@H]2Oc3ccc(NS(C)(=O)=O)cc3CC(=O)N([C@H](C)CO)C[C@@H]2C)cc1. The van der Waals surface area contributed by atoms with Gasteiger partial charge in [-0.1, -0.05) is 6.92 Å². The number of carbonyl (C=O) groups is 1. The second-order valence-electron chi connectivity index (χ2n) is 9.55. The molecule has 210 valence electrons. The molecule has 0 aromatic heterocycles. The molecule has 0 aliphatic carbocycles.